The van der Waals surface area contributed by atoms with Gasteiger partial charge in [-0.2, -0.15) is 5.10 Å². The standard InChI is InChI=1S/C30H36N8O2/c1-18-11-21-12-25(32-18)24-14-31-37(3)29(24)40-10-4-5-20(19-6-7-19)15-38-27-9-8-22(33-23-16-36(2)17-23)13-26(27)34-30(38)35-28(21)39/h8-9,11-14,19-20,23,33H,4-7,10,15-17H2,1-3H3,(H,34,35,39). The number of amides is 1. The molecule has 2 bridgehead atoms. The number of benzene rings is 1. The van der Waals surface area contributed by atoms with E-state index in [0.717, 1.165) is 60.5 Å². The predicted octanol–water partition coefficient (Wildman–Crippen LogP) is 4.32. The fraction of sp³-hybridized carbons (Fsp3) is 0.467. The summed E-state index contributed by atoms with van der Waals surface area (Å²) in [6.45, 7) is 5.39. The summed E-state index contributed by atoms with van der Waals surface area (Å²) in [5.41, 5.74) is 5.74. The largest absolute Gasteiger partial charge is 0.477 e. The highest BCUT2D eigenvalue weighted by Crippen LogP contribution is 2.41. The van der Waals surface area contributed by atoms with Gasteiger partial charge < -0.3 is 19.5 Å². The second-order valence-corrected chi connectivity index (χ2v) is 11.7. The molecule has 1 aromatic carbocycles. The fourth-order valence-corrected chi connectivity index (χ4v) is 6.20. The lowest BCUT2D eigenvalue weighted by Gasteiger charge is -2.37. The highest BCUT2D eigenvalue weighted by Gasteiger charge is 2.32. The zero-order valence-corrected chi connectivity index (χ0v) is 23.4. The zero-order chi connectivity index (χ0) is 27.4. The molecule has 7 rings (SSSR count). The third-order valence-corrected chi connectivity index (χ3v) is 8.45. The Kier molecular flexibility index (Phi) is 6.22. The minimum absolute atomic E-state index is 0.205. The number of fused-ring (bicyclic) bond motifs is 7. The summed E-state index contributed by atoms with van der Waals surface area (Å²) in [5, 5.41) is 11.2. The number of rotatable bonds is 3. The van der Waals surface area contributed by atoms with Crippen LogP contribution >= 0.6 is 0 Å². The second-order valence-electron chi connectivity index (χ2n) is 11.7. The van der Waals surface area contributed by atoms with Gasteiger partial charge in [0, 0.05) is 43.6 Å². The summed E-state index contributed by atoms with van der Waals surface area (Å²) in [6.07, 6.45) is 6.26. The van der Waals surface area contributed by atoms with Crippen LogP contribution in [0.1, 0.15) is 41.7 Å². The van der Waals surface area contributed by atoms with Crippen molar-refractivity contribution in [1.29, 1.82) is 0 Å². The number of likely N-dealkylation sites (tertiary alicyclic amines) is 1. The molecule has 2 fully saturated rings. The van der Waals surface area contributed by atoms with E-state index in [2.05, 4.69) is 50.4 Å². The molecule has 40 heavy (non-hydrogen) atoms. The van der Waals surface area contributed by atoms with Crippen molar-refractivity contribution in [2.45, 2.75) is 45.2 Å². The minimum Gasteiger partial charge on any atom is -0.477 e. The lowest BCUT2D eigenvalue weighted by molar-refractivity contribution is 0.102. The van der Waals surface area contributed by atoms with Gasteiger partial charge in [0.1, 0.15) is 0 Å². The average Bonchev–Trinajstić information content (AvgIpc) is 3.61. The number of nitrogens with one attached hydrogen (secondary N) is 2. The van der Waals surface area contributed by atoms with Gasteiger partial charge in [-0.25, -0.2) is 9.67 Å². The molecule has 2 N–H and O–H groups in total. The molecule has 1 atom stereocenters. The number of hydrogen-bond donors (Lipinski definition) is 2. The Morgan fingerprint density at radius 2 is 1.88 bits per heavy atom. The molecule has 0 spiro atoms. The van der Waals surface area contributed by atoms with Gasteiger partial charge in [-0.05, 0) is 81.8 Å². The number of pyridine rings is 1. The zero-order valence-electron chi connectivity index (χ0n) is 23.4. The van der Waals surface area contributed by atoms with E-state index in [4.69, 9.17) is 14.7 Å². The molecule has 10 heteroatoms. The molecule has 1 saturated carbocycles. The number of hydrogen-bond acceptors (Lipinski definition) is 7. The number of ether oxygens (including phenoxy) is 1. The van der Waals surface area contributed by atoms with E-state index in [-0.39, 0.29) is 5.91 Å². The topological polar surface area (TPSA) is 102 Å². The molecular formula is C30H36N8O2. The normalized spacial score (nSPS) is 20.5. The summed E-state index contributed by atoms with van der Waals surface area (Å²) in [6, 6.07) is 10.5. The first-order chi connectivity index (χ1) is 19.4. The number of anilines is 2. The summed E-state index contributed by atoms with van der Waals surface area (Å²) < 4.78 is 10.2. The van der Waals surface area contributed by atoms with Gasteiger partial charge in [-0.15, -0.1) is 0 Å². The number of imidazole rings is 1. The van der Waals surface area contributed by atoms with Gasteiger partial charge in [0.2, 0.25) is 11.8 Å². The first-order valence-corrected chi connectivity index (χ1v) is 14.3. The lowest BCUT2D eigenvalue weighted by Crippen LogP contribution is -2.52. The average molecular weight is 541 g/mol. The Morgan fingerprint density at radius 1 is 1.02 bits per heavy atom. The molecule has 1 unspecified atom stereocenters. The van der Waals surface area contributed by atoms with E-state index in [1.54, 1.807) is 10.9 Å². The number of likely N-dealkylation sites (N-methyl/N-ethyl adjacent to an activating group) is 1. The SMILES string of the molecule is Cc1cc2cc(n1)-c1cnn(C)c1OCCCC(C1CC1)Cn1c(nc3cc(NC4CN(C)C4)ccc31)NC2=O. The minimum atomic E-state index is -0.205. The molecule has 3 aromatic heterocycles. The van der Waals surface area contributed by atoms with Crippen LogP contribution in [0.15, 0.2) is 36.5 Å². The number of nitrogens with zero attached hydrogens (tertiary/aromatic N) is 6. The highest BCUT2D eigenvalue weighted by atomic mass is 16.5. The van der Waals surface area contributed by atoms with Crippen LogP contribution in [0.5, 0.6) is 5.88 Å². The van der Waals surface area contributed by atoms with E-state index in [1.807, 2.05) is 26.1 Å². The van der Waals surface area contributed by atoms with E-state index in [9.17, 15) is 4.79 Å². The molecule has 1 saturated heterocycles. The maximum Gasteiger partial charge on any atom is 0.258 e. The molecule has 2 aliphatic heterocycles. The first kappa shape index (κ1) is 25.1. The molecular weight excluding hydrogens is 504 g/mol. The fourth-order valence-electron chi connectivity index (χ4n) is 6.20. The Balaban J connectivity index is 1.28. The van der Waals surface area contributed by atoms with Gasteiger partial charge in [-0.3, -0.25) is 15.1 Å². The van der Waals surface area contributed by atoms with E-state index < -0.39 is 0 Å². The summed E-state index contributed by atoms with van der Waals surface area (Å²) in [5.74, 6) is 2.25. The van der Waals surface area contributed by atoms with Crippen molar-refractivity contribution < 1.29 is 9.53 Å². The van der Waals surface area contributed by atoms with Crippen LogP contribution in [-0.4, -0.2) is 67.9 Å². The molecule has 208 valence electrons. The Morgan fingerprint density at radius 3 is 2.67 bits per heavy atom. The highest BCUT2D eigenvalue weighted by molar-refractivity contribution is 6.05. The molecule has 1 amide bonds. The summed E-state index contributed by atoms with van der Waals surface area (Å²) in [7, 11) is 4.01. The van der Waals surface area contributed by atoms with Gasteiger partial charge >= 0.3 is 0 Å². The predicted molar refractivity (Wildman–Crippen MR) is 155 cm³/mol. The van der Waals surface area contributed by atoms with Crippen molar-refractivity contribution in [3.8, 4) is 17.1 Å². The van der Waals surface area contributed by atoms with Crippen molar-refractivity contribution in [3.63, 3.8) is 0 Å². The molecule has 4 aromatic rings. The van der Waals surface area contributed by atoms with Crippen LogP contribution in [-0.2, 0) is 13.6 Å². The van der Waals surface area contributed by atoms with Gasteiger partial charge in [0.05, 0.1) is 41.1 Å². The molecule has 3 aliphatic rings. The quantitative estimate of drug-likeness (QED) is 0.399. The van der Waals surface area contributed by atoms with Gasteiger partial charge in [-0.1, -0.05) is 0 Å². The van der Waals surface area contributed by atoms with E-state index in [0.29, 0.717) is 47.6 Å². The van der Waals surface area contributed by atoms with Crippen molar-refractivity contribution in [2.75, 3.05) is 37.4 Å². The summed E-state index contributed by atoms with van der Waals surface area (Å²) in [4.78, 5) is 25.6. The Hall–Kier alpha value is -3.92. The third-order valence-electron chi connectivity index (χ3n) is 8.45. The van der Waals surface area contributed by atoms with Crippen LogP contribution in [0.2, 0.25) is 0 Å². The first-order valence-electron chi connectivity index (χ1n) is 14.3. The smallest absolute Gasteiger partial charge is 0.258 e. The Bertz CT molecular complexity index is 1580. The molecule has 10 nitrogen and oxygen atoms in total. The van der Waals surface area contributed by atoms with Crippen LogP contribution in [0.4, 0.5) is 11.6 Å². The summed E-state index contributed by atoms with van der Waals surface area (Å²) >= 11 is 0. The van der Waals surface area contributed by atoms with E-state index >= 15 is 0 Å². The van der Waals surface area contributed by atoms with Crippen LogP contribution in [0.25, 0.3) is 22.3 Å². The van der Waals surface area contributed by atoms with E-state index in [1.165, 1.54) is 12.8 Å². The van der Waals surface area contributed by atoms with Crippen molar-refractivity contribution >= 4 is 28.6 Å². The number of carbonyl (C=O) groups excluding carboxylic acids is 1. The van der Waals surface area contributed by atoms with Crippen LogP contribution in [0, 0.1) is 18.8 Å². The lowest BCUT2D eigenvalue weighted by atomic mass is 9.97. The number of aromatic nitrogens is 5. The molecule has 5 heterocycles. The van der Waals surface area contributed by atoms with Crippen molar-refractivity contribution in [3.05, 3.63) is 47.8 Å². The third kappa shape index (κ3) is 4.81. The Labute approximate surface area is 233 Å². The van der Waals surface area contributed by atoms with Gasteiger partial charge in [0.15, 0.2) is 0 Å². The molecule has 1 aliphatic carbocycles. The van der Waals surface area contributed by atoms with Crippen molar-refractivity contribution in [2.24, 2.45) is 18.9 Å². The number of carbonyl (C=O) groups is 1. The molecule has 0 radical (unpaired) electrons. The van der Waals surface area contributed by atoms with Gasteiger partial charge in [0.25, 0.3) is 5.91 Å². The maximum absolute atomic E-state index is 13.7. The number of aryl methyl sites for hydroxylation is 2. The second kappa shape index (κ2) is 9.92. The van der Waals surface area contributed by atoms with Crippen LogP contribution in [0.3, 0.4) is 0 Å². The monoisotopic (exact) mass is 540 g/mol. The maximum atomic E-state index is 13.7. The van der Waals surface area contributed by atoms with Crippen molar-refractivity contribution in [1.82, 2.24) is 29.2 Å². The van der Waals surface area contributed by atoms with Crippen LogP contribution < -0.4 is 15.4 Å².